The van der Waals surface area contributed by atoms with Gasteiger partial charge in [0, 0.05) is 13.1 Å². The SMILES string of the molecule is CCOc1ccccc1NC(=O)N1CC(=O)N2CCc3c(F)cccc3C2C1. The fourth-order valence-corrected chi connectivity index (χ4v) is 3.93. The maximum atomic E-state index is 14.2. The lowest BCUT2D eigenvalue weighted by Crippen LogP contribution is -2.56. The predicted molar refractivity (Wildman–Crippen MR) is 103 cm³/mol. The highest BCUT2D eigenvalue weighted by Crippen LogP contribution is 2.34. The normalized spacial score (nSPS) is 18.4. The summed E-state index contributed by atoms with van der Waals surface area (Å²) in [5.74, 6) is 0.199. The number of anilines is 1. The summed E-state index contributed by atoms with van der Waals surface area (Å²) in [5.41, 5.74) is 1.98. The summed E-state index contributed by atoms with van der Waals surface area (Å²) in [6, 6.07) is 11.4. The van der Waals surface area contributed by atoms with Crippen LogP contribution in [0.5, 0.6) is 5.75 Å². The van der Waals surface area contributed by atoms with Gasteiger partial charge in [-0.2, -0.15) is 0 Å². The molecule has 0 aromatic heterocycles. The third kappa shape index (κ3) is 3.28. The maximum absolute atomic E-state index is 14.2. The Morgan fingerprint density at radius 1 is 1.25 bits per heavy atom. The van der Waals surface area contributed by atoms with Gasteiger partial charge in [0.25, 0.3) is 0 Å². The van der Waals surface area contributed by atoms with Gasteiger partial charge in [-0.3, -0.25) is 4.79 Å². The molecule has 4 rings (SSSR count). The van der Waals surface area contributed by atoms with Crippen LogP contribution < -0.4 is 10.1 Å². The average molecular weight is 383 g/mol. The second-order valence-electron chi connectivity index (χ2n) is 6.90. The van der Waals surface area contributed by atoms with Crippen molar-refractivity contribution in [1.29, 1.82) is 0 Å². The van der Waals surface area contributed by atoms with Crippen molar-refractivity contribution in [2.75, 3.05) is 31.6 Å². The monoisotopic (exact) mass is 383 g/mol. The van der Waals surface area contributed by atoms with Crippen LogP contribution in [0.4, 0.5) is 14.9 Å². The van der Waals surface area contributed by atoms with Crippen LogP contribution >= 0.6 is 0 Å². The first-order chi connectivity index (χ1) is 13.6. The smallest absolute Gasteiger partial charge is 0.322 e. The lowest BCUT2D eigenvalue weighted by molar-refractivity contribution is -0.139. The minimum absolute atomic E-state index is 0.00375. The van der Waals surface area contributed by atoms with E-state index >= 15 is 0 Å². The Bertz CT molecular complexity index is 918. The van der Waals surface area contributed by atoms with Crippen LogP contribution in [0.2, 0.25) is 0 Å². The molecule has 28 heavy (non-hydrogen) atoms. The summed E-state index contributed by atoms with van der Waals surface area (Å²) in [5, 5.41) is 2.83. The molecule has 2 heterocycles. The van der Waals surface area contributed by atoms with Gasteiger partial charge in [-0.1, -0.05) is 24.3 Å². The second kappa shape index (κ2) is 7.50. The molecule has 146 valence electrons. The third-order valence-corrected chi connectivity index (χ3v) is 5.25. The molecular formula is C21H22FN3O3. The number of amides is 3. The Labute approximate surface area is 162 Å². The molecular weight excluding hydrogens is 361 g/mol. The minimum atomic E-state index is -0.372. The quantitative estimate of drug-likeness (QED) is 0.885. The van der Waals surface area contributed by atoms with Crippen LogP contribution in [0.15, 0.2) is 42.5 Å². The van der Waals surface area contributed by atoms with Crippen LogP contribution in [0.25, 0.3) is 0 Å². The molecule has 0 aliphatic carbocycles. The second-order valence-corrected chi connectivity index (χ2v) is 6.90. The van der Waals surface area contributed by atoms with Gasteiger partial charge in [-0.15, -0.1) is 0 Å². The molecule has 0 bridgehead atoms. The third-order valence-electron chi connectivity index (χ3n) is 5.25. The molecule has 1 unspecified atom stereocenters. The molecule has 6 nitrogen and oxygen atoms in total. The number of carbonyl (C=O) groups is 2. The van der Waals surface area contributed by atoms with Crippen LogP contribution in [-0.4, -0.2) is 48.0 Å². The van der Waals surface area contributed by atoms with Crippen molar-refractivity contribution in [2.24, 2.45) is 0 Å². The van der Waals surface area contributed by atoms with Crippen molar-refractivity contribution in [2.45, 2.75) is 19.4 Å². The number of urea groups is 1. The van der Waals surface area contributed by atoms with E-state index in [9.17, 15) is 14.0 Å². The number of halogens is 1. The van der Waals surface area contributed by atoms with Gasteiger partial charge < -0.3 is 19.9 Å². The van der Waals surface area contributed by atoms with E-state index in [0.717, 1.165) is 5.56 Å². The Morgan fingerprint density at radius 3 is 2.89 bits per heavy atom. The van der Waals surface area contributed by atoms with Gasteiger partial charge in [-0.05, 0) is 42.7 Å². The molecule has 2 aromatic carbocycles. The number of nitrogens with one attached hydrogen (secondary N) is 1. The molecule has 1 saturated heterocycles. The summed E-state index contributed by atoms with van der Waals surface area (Å²) in [6.07, 6.45) is 0.498. The number of ether oxygens (including phenoxy) is 1. The zero-order valence-electron chi connectivity index (χ0n) is 15.7. The summed E-state index contributed by atoms with van der Waals surface area (Å²) in [4.78, 5) is 28.7. The minimum Gasteiger partial charge on any atom is -0.492 e. The standard InChI is InChI=1S/C21H22FN3O3/c1-2-28-19-9-4-3-8-17(19)23-21(27)24-12-18-15-6-5-7-16(22)14(15)10-11-25(18)20(26)13-24/h3-9,18H,2,10-13H2,1H3,(H,23,27). The molecule has 7 heteroatoms. The largest absolute Gasteiger partial charge is 0.492 e. The number of nitrogens with zero attached hydrogens (tertiary/aromatic N) is 2. The molecule has 1 fully saturated rings. The molecule has 2 aromatic rings. The Kier molecular flexibility index (Phi) is 4.90. The molecule has 1 N–H and O–H groups in total. The number of hydrogen-bond donors (Lipinski definition) is 1. The Morgan fingerprint density at radius 2 is 2.07 bits per heavy atom. The van der Waals surface area contributed by atoms with Crippen LogP contribution in [0.3, 0.4) is 0 Å². The lowest BCUT2D eigenvalue weighted by Gasteiger charge is -2.44. The zero-order valence-corrected chi connectivity index (χ0v) is 15.7. The summed E-state index contributed by atoms with van der Waals surface area (Å²) in [6.45, 7) is 3.15. The van der Waals surface area contributed by atoms with Crippen molar-refractivity contribution in [3.05, 3.63) is 59.4 Å². The van der Waals surface area contributed by atoms with E-state index in [4.69, 9.17) is 4.74 Å². The summed E-state index contributed by atoms with van der Waals surface area (Å²) < 4.78 is 19.7. The van der Waals surface area contributed by atoms with E-state index in [2.05, 4.69) is 5.32 Å². The van der Waals surface area contributed by atoms with Crippen LogP contribution in [0, 0.1) is 5.82 Å². The predicted octanol–water partition coefficient (Wildman–Crippen LogP) is 3.20. The number of para-hydroxylation sites is 2. The number of hydrogen-bond acceptors (Lipinski definition) is 3. The van der Waals surface area contributed by atoms with Crippen molar-refractivity contribution in [1.82, 2.24) is 9.80 Å². The number of piperazine rings is 1. The fourth-order valence-electron chi connectivity index (χ4n) is 3.93. The Balaban J connectivity index is 1.56. The molecule has 3 amide bonds. The number of fused-ring (bicyclic) bond motifs is 3. The van der Waals surface area contributed by atoms with Gasteiger partial charge in [0.15, 0.2) is 0 Å². The van der Waals surface area contributed by atoms with E-state index in [-0.39, 0.29) is 30.3 Å². The first kappa shape index (κ1) is 18.3. The van der Waals surface area contributed by atoms with Gasteiger partial charge in [0.1, 0.15) is 18.1 Å². The lowest BCUT2D eigenvalue weighted by atomic mass is 9.90. The molecule has 0 saturated carbocycles. The van der Waals surface area contributed by atoms with Gasteiger partial charge >= 0.3 is 6.03 Å². The van der Waals surface area contributed by atoms with Crippen molar-refractivity contribution < 1.29 is 18.7 Å². The van der Waals surface area contributed by atoms with E-state index < -0.39 is 0 Å². The molecule has 2 aliphatic heterocycles. The van der Waals surface area contributed by atoms with Gasteiger partial charge in [0.2, 0.25) is 5.91 Å². The van der Waals surface area contributed by atoms with Crippen molar-refractivity contribution in [3.63, 3.8) is 0 Å². The van der Waals surface area contributed by atoms with E-state index in [0.29, 0.717) is 43.1 Å². The highest BCUT2D eigenvalue weighted by molar-refractivity contribution is 5.94. The molecule has 1 atom stereocenters. The number of benzene rings is 2. The summed E-state index contributed by atoms with van der Waals surface area (Å²) in [7, 11) is 0. The molecule has 2 aliphatic rings. The highest BCUT2D eigenvalue weighted by atomic mass is 19.1. The average Bonchev–Trinajstić information content (AvgIpc) is 2.69. The fraction of sp³-hybridized carbons (Fsp3) is 0.333. The topological polar surface area (TPSA) is 61.9 Å². The molecule has 0 spiro atoms. The zero-order chi connectivity index (χ0) is 19.7. The van der Waals surface area contributed by atoms with E-state index in [1.54, 1.807) is 29.2 Å². The van der Waals surface area contributed by atoms with E-state index in [1.807, 2.05) is 19.1 Å². The highest BCUT2D eigenvalue weighted by Gasteiger charge is 2.39. The maximum Gasteiger partial charge on any atom is 0.322 e. The van der Waals surface area contributed by atoms with Crippen molar-refractivity contribution in [3.8, 4) is 5.75 Å². The first-order valence-corrected chi connectivity index (χ1v) is 9.43. The van der Waals surface area contributed by atoms with Crippen molar-refractivity contribution >= 4 is 17.6 Å². The van der Waals surface area contributed by atoms with Crippen LogP contribution in [-0.2, 0) is 11.2 Å². The van der Waals surface area contributed by atoms with Gasteiger partial charge in [-0.25, -0.2) is 9.18 Å². The van der Waals surface area contributed by atoms with Crippen LogP contribution in [0.1, 0.15) is 24.1 Å². The Hall–Kier alpha value is -3.09. The first-order valence-electron chi connectivity index (χ1n) is 9.43. The number of rotatable bonds is 3. The molecule has 0 radical (unpaired) electrons. The summed E-state index contributed by atoms with van der Waals surface area (Å²) >= 11 is 0. The van der Waals surface area contributed by atoms with E-state index in [1.165, 1.54) is 11.0 Å². The van der Waals surface area contributed by atoms with Gasteiger partial charge in [0.05, 0.1) is 18.3 Å². The number of carbonyl (C=O) groups excluding carboxylic acids is 2.